The molecule has 0 heterocycles. The normalized spacial score (nSPS) is 46.8. The zero-order valence-corrected chi connectivity index (χ0v) is 16.3. The van der Waals surface area contributed by atoms with Gasteiger partial charge in [-0.1, -0.05) is 33.6 Å². The van der Waals surface area contributed by atoms with Gasteiger partial charge in [-0.2, -0.15) is 0 Å². The van der Waals surface area contributed by atoms with E-state index in [1.807, 2.05) is 13.8 Å². The molecule has 3 fully saturated rings. The Morgan fingerprint density at radius 2 is 1.08 bits per heavy atom. The molecule has 0 nitrogen and oxygen atoms in total. The highest BCUT2D eigenvalue weighted by molar-refractivity contribution is 4.92. The zero-order valence-electron chi connectivity index (χ0n) is 16.3. The molecule has 3 saturated carbocycles. The lowest BCUT2D eigenvalue weighted by Gasteiger charge is -2.44. The highest BCUT2D eigenvalue weighted by Crippen LogP contribution is 2.50. The van der Waals surface area contributed by atoms with Crippen LogP contribution in [-0.4, -0.2) is 12.1 Å². The van der Waals surface area contributed by atoms with E-state index < -0.39 is 18.0 Å². The maximum absolute atomic E-state index is 15.0. The first kappa shape index (κ1) is 19.5. The van der Waals surface area contributed by atoms with Gasteiger partial charge in [0.2, 0.25) is 0 Å². The summed E-state index contributed by atoms with van der Waals surface area (Å²) in [6.07, 6.45) is 7.84. The molecule has 0 aliphatic heterocycles. The van der Waals surface area contributed by atoms with E-state index in [1.54, 1.807) is 0 Å². The predicted molar refractivity (Wildman–Crippen MR) is 97.5 cm³/mol. The monoisotopic (exact) mass is 358 g/mol. The summed E-state index contributed by atoms with van der Waals surface area (Å²) in [6, 6.07) is 0. The van der Waals surface area contributed by atoms with Crippen LogP contribution in [0.25, 0.3) is 0 Å². The molecule has 25 heavy (non-hydrogen) atoms. The molecule has 0 aromatic carbocycles. The average Bonchev–Trinajstić information content (AvgIpc) is 2.60. The molecule has 0 saturated heterocycles. The Labute approximate surface area is 152 Å². The molecule has 2 atom stereocenters. The van der Waals surface area contributed by atoms with Gasteiger partial charge in [-0.3, -0.25) is 0 Å². The van der Waals surface area contributed by atoms with Gasteiger partial charge >= 0.3 is 0 Å². The van der Waals surface area contributed by atoms with Crippen LogP contribution in [0.2, 0.25) is 0 Å². The van der Waals surface area contributed by atoms with Crippen molar-refractivity contribution in [2.75, 3.05) is 0 Å². The summed E-state index contributed by atoms with van der Waals surface area (Å²) in [5.74, 6) is -1.26. The Morgan fingerprint density at radius 1 is 0.640 bits per heavy atom. The first-order valence-electron chi connectivity index (χ1n) is 10.8. The van der Waals surface area contributed by atoms with Crippen LogP contribution in [0.1, 0.15) is 85.0 Å². The topological polar surface area (TPSA) is 0 Å². The molecule has 0 aromatic rings. The highest BCUT2D eigenvalue weighted by atomic mass is 19.3. The molecule has 0 spiro atoms. The molecule has 0 amide bonds. The fraction of sp³-hybridized carbons (Fsp3) is 1.00. The van der Waals surface area contributed by atoms with E-state index in [9.17, 15) is 4.39 Å². The molecular weight excluding hydrogens is 321 g/mol. The van der Waals surface area contributed by atoms with Crippen molar-refractivity contribution in [2.24, 2.45) is 41.4 Å². The Kier molecular flexibility index (Phi) is 6.10. The van der Waals surface area contributed by atoms with Gasteiger partial charge in [-0.15, -0.1) is 0 Å². The third kappa shape index (κ3) is 4.21. The van der Waals surface area contributed by atoms with E-state index in [0.29, 0.717) is 43.4 Å². The van der Waals surface area contributed by atoms with E-state index >= 15 is 8.78 Å². The van der Waals surface area contributed by atoms with Crippen molar-refractivity contribution >= 4 is 0 Å². The fourth-order valence-electron chi connectivity index (χ4n) is 6.21. The van der Waals surface area contributed by atoms with Gasteiger partial charge in [-0.25, -0.2) is 13.2 Å². The van der Waals surface area contributed by atoms with Gasteiger partial charge in [0.15, 0.2) is 0 Å². The SMILES string of the molecule is CC1CCC(C(F)(F)C2CCC(C3CC(C)C(F)C(C)C3)CC2)CC1. The molecule has 146 valence electrons. The zero-order chi connectivity index (χ0) is 18.2. The van der Waals surface area contributed by atoms with Gasteiger partial charge in [0.05, 0.1) is 0 Å². The summed E-state index contributed by atoms with van der Waals surface area (Å²) in [6.45, 7) is 6.24. The Hall–Kier alpha value is -0.210. The molecule has 0 bridgehead atoms. The minimum absolute atomic E-state index is 0.136. The van der Waals surface area contributed by atoms with Crippen LogP contribution < -0.4 is 0 Å². The molecule has 2 unspecified atom stereocenters. The fourth-order valence-corrected chi connectivity index (χ4v) is 6.21. The van der Waals surface area contributed by atoms with Crippen LogP contribution in [0.15, 0.2) is 0 Å². The maximum atomic E-state index is 15.0. The van der Waals surface area contributed by atoms with Crippen molar-refractivity contribution in [1.29, 1.82) is 0 Å². The molecule has 3 aliphatic rings. The Morgan fingerprint density at radius 3 is 1.56 bits per heavy atom. The van der Waals surface area contributed by atoms with Crippen LogP contribution in [0, 0.1) is 41.4 Å². The van der Waals surface area contributed by atoms with Crippen molar-refractivity contribution < 1.29 is 13.2 Å². The summed E-state index contributed by atoms with van der Waals surface area (Å²) in [4.78, 5) is 0. The highest BCUT2D eigenvalue weighted by Gasteiger charge is 2.49. The van der Waals surface area contributed by atoms with E-state index in [2.05, 4.69) is 6.92 Å². The van der Waals surface area contributed by atoms with Gasteiger partial charge in [0.1, 0.15) is 6.17 Å². The molecule has 3 rings (SSSR count). The largest absolute Gasteiger partial charge is 0.253 e. The Bertz CT molecular complexity index is 407. The van der Waals surface area contributed by atoms with Crippen molar-refractivity contribution in [3.05, 3.63) is 0 Å². The maximum Gasteiger partial charge on any atom is 0.253 e. The number of alkyl halides is 3. The number of rotatable bonds is 3. The predicted octanol–water partition coefficient (Wildman–Crippen LogP) is 7.27. The lowest BCUT2D eigenvalue weighted by molar-refractivity contribution is -0.135. The first-order valence-corrected chi connectivity index (χ1v) is 10.8. The Balaban J connectivity index is 1.53. The molecule has 0 N–H and O–H groups in total. The second kappa shape index (κ2) is 7.80. The van der Waals surface area contributed by atoms with Crippen molar-refractivity contribution in [2.45, 2.75) is 97.1 Å². The van der Waals surface area contributed by atoms with E-state index in [-0.39, 0.29) is 17.8 Å². The van der Waals surface area contributed by atoms with Gasteiger partial charge in [0, 0.05) is 11.8 Å². The number of hydrogen-bond acceptors (Lipinski definition) is 0. The summed E-state index contributed by atoms with van der Waals surface area (Å²) in [5.41, 5.74) is 0. The third-order valence-corrected chi connectivity index (χ3v) is 7.98. The van der Waals surface area contributed by atoms with Gasteiger partial charge in [-0.05, 0) is 81.0 Å². The van der Waals surface area contributed by atoms with Crippen molar-refractivity contribution in [3.8, 4) is 0 Å². The minimum Gasteiger partial charge on any atom is -0.247 e. The molecular formula is C22H37F3. The van der Waals surface area contributed by atoms with Gasteiger partial charge in [0.25, 0.3) is 5.92 Å². The molecule has 0 aromatic heterocycles. The second-order valence-corrected chi connectivity index (χ2v) is 9.87. The average molecular weight is 359 g/mol. The first-order chi connectivity index (χ1) is 11.8. The van der Waals surface area contributed by atoms with Crippen LogP contribution in [0.5, 0.6) is 0 Å². The molecule has 3 heteroatoms. The van der Waals surface area contributed by atoms with Gasteiger partial charge < -0.3 is 0 Å². The van der Waals surface area contributed by atoms with Crippen LogP contribution >= 0.6 is 0 Å². The molecule has 3 aliphatic carbocycles. The van der Waals surface area contributed by atoms with E-state index in [1.165, 1.54) is 0 Å². The summed E-state index contributed by atoms with van der Waals surface area (Å²) in [7, 11) is 0. The van der Waals surface area contributed by atoms with Crippen LogP contribution in [0.4, 0.5) is 13.2 Å². The quantitative estimate of drug-likeness (QED) is 0.497. The summed E-state index contributed by atoms with van der Waals surface area (Å²) < 4.78 is 44.1. The van der Waals surface area contributed by atoms with Crippen LogP contribution in [-0.2, 0) is 0 Å². The lowest BCUT2D eigenvalue weighted by atomic mass is 9.64. The summed E-state index contributed by atoms with van der Waals surface area (Å²) in [5, 5.41) is 0. The van der Waals surface area contributed by atoms with E-state index in [0.717, 1.165) is 38.5 Å². The van der Waals surface area contributed by atoms with E-state index in [4.69, 9.17) is 0 Å². The number of halogens is 3. The third-order valence-electron chi connectivity index (χ3n) is 7.98. The second-order valence-electron chi connectivity index (χ2n) is 9.87. The molecule has 0 radical (unpaired) electrons. The number of hydrogen-bond donors (Lipinski definition) is 0. The lowest BCUT2D eigenvalue weighted by Crippen LogP contribution is -2.42. The van der Waals surface area contributed by atoms with Crippen LogP contribution in [0.3, 0.4) is 0 Å². The standard InChI is InChI=1S/C22H37F3/c1-14-4-8-19(9-5-14)22(24,25)20-10-6-17(7-11-20)18-12-15(2)21(23)16(3)13-18/h14-21H,4-13H2,1-3H3. The minimum atomic E-state index is -2.47. The smallest absolute Gasteiger partial charge is 0.247 e. The summed E-state index contributed by atoms with van der Waals surface area (Å²) >= 11 is 0. The van der Waals surface area contributed by atoms with Crippen molar-refractivity contribution in [3.63, 3.8) is 0 Å². The van der Waals surface area contributed by atoms with Crippen molar-refractivity contribution in [1.82, 2.24) is 0 Å².